The van der Waals surface area contributed by atoms with Crippen LogP contribution in [0.1, 0.15) is 19.8 Å². The summed E-state index contributed by atoms with van der Waals surface area (Å²) in [6.45, 7) is 2.39. The molecule has 0 aliphatic heterocycles. The van der Waals surface area contributed by atoms with Gasteiger partial charge in [0.2, 0.25) is 0 Å². The fourth-order valence-electron chi connectivity index (χ4n) is 0.790. The van der Waals surface area contributed by atoms with Crippen molar-refractivity contribution in [2.24, 2.45) is 16.5 Å². The standard InChI is InChI=1S/C9H17N3O2/c1-7(10)12-6-4-2-3-5-8(11)9(13)14/h3,5,8H,2,4,6,11H2,1H3,(H2,10,12)(H,13,14)/b5-3+/t8-/m0/s1. The number of nitrogens with zero attached hydrogens (tertiary/aromatic N) is 1. The maximum Gasteiger partial charge on any atom is 0.324 e. The normalized spacial score (nSPS) is 14.6. The lowest BCUT2D eigenvalue weighted by Gasteiger charge is -1.97. The predicted octanol–water partition coefficient (Wildman–Crippen LogP) is 0.112. The molecular weight excluding hydrogens is 182 g/mol. The third-order valence-corrected chi connectivity index (χ3v) is 1.52. The molecule has 0 unspecified atom stereocenters. The van der Waals surface area contributed by atoms with Crippen molar-refractivity contribution in [2.75, 3.05) is 6.54 Å². The second kappa shape index (κ2) is 7.08. The number of allylic oxidation sites excluding steroid dienone is 1. The Morgan fingerprint density at radius 2 is 2.29 bits per heavy atom. The summed E-state index contributed by atoms with van der Waals surface area (Å²) in [5, 5.41) is 8.44. The summed E-state index contributed by atoms with van der Waals surface area (Å²) in [6.07, 6.45) is 4.83. The number of rotatable bonds is 6. The van der Waals surface area contributed by atoms with E-state index in [9.17, 15) is 4.79 Å². The van der Waals surface area contributed by atoms with Crippen LogP contribution in [0, 0.1) is 0 Å². The molecule has 0 saturated carbocycles. The topological polar surface area (TPSA) is 102 Å². The van der Waals surface area contributed by atoms with Gasteiger partial charge in [0, 0.05) is 6.54 Å². The maximum absolute atomic E-state index is 10.3. The van der Waals surface area contributed by atoms with Crippen LogP contribution in [-0.2, 0) is 4.79 Å². The van der Waals surface area contributed by atoms with E-state index in [0.717, 1.165) is 12.8 Å². The van der Waals surface area contributed by atoms with E-state index in [1.54, 1.807) is 13.0 Å². The summed E-state index contributed by atoms with van der Waals surface area (Å²) in [7, 11) is 0. The van der Waals surface area contributed by atoms with E-state index < -0.39 is 12.0 Å². The molecule has 14 heavy (non-hydrogen) atoms. The van der Waals surface area contributed by atoms with Crippen LogP contribution < -0.4 is 11.5 Å². The minimum absolute atomic E-state index is 0.566. The summed E-state index contributed by atoms with van der Waals surface area (Å²) in [6, 6.07) is -0.908. The van der Waals surface area contributed by atoms with Crippen molar-refractivity contribution < 1.29 is 9.90 Å². The fraction of sp³-hybridized carbons (Fsp3) is 0.556. The Labute approximate surface area is 83.5 Å². The summed E-state index contributed by atoms with van der Waals surface area (Å²) in [5.41, 5.74) is 10.6. The third kappa shape index (κ3) is 7.30. The highest BCUT2D eigenvalue weighted by Crippen LogP contribution is 1.93. The molecule has 0 fully saturated rings. The first-order chi connectivity index (χ1) is 6.54. The zero-order chi connectivity index (χ0) is 11.0. The number of amidine groups is 1. The molecule has 0 aromatic rings. The average Bonchev–Trinajstić information content (AvgIpc) is 2.09. The quantitative estimate of drug-likeness (QED) is 0.244. The Balaban J connectivity index is 3.54. The lowest BCUT2D eigenvalue weighted by Crippen LogP contribution is -2.27. The van der Waals surface area contributed by atoms with Gasteiger partial charge in [-0.25, -0.2) is 0 Å². The van der Waals surface area contributed by atoms with Gasteiger partial charge in [-0.2, -0.15) is 0 Å². The number of aliphatic imine (C=N–C) groups is 1. The van der Waals surface area contributed by atoms with Gasteiger partial charge < -0.3 is 16.6 Å². The second-order valence-electron chi connectivity index (χ2n) is 2.96. The molecule has 0 saturated heterocycles. The van der Waals surface area contributed by atoms with Gasteiger partial charge in [0.25, 0.3) is 0 Å². The molecular formula is C9H17N3O2. The van der Waals surface area contributed by atoms with Crippen molar-refractivity contribution in [1.29, 1.82) is 0 Å². The molecule has 80 valence electrons. The number of carbonyl (C=O) groups is 1. The average molecular weight is 199 g/mol. The number of nitrogens with two attached hydrogens (primary N) is 2. The van der Waals surface area contributed by atoms with Crippen LogP contribution in [0.3, 0.4) is 0 Å². The van der Waals surface area contributed by atoms with E-state index in [1.165, 1.54) is 6.08 Å². The van der Waals surface area contributed by atoms with Crippen molar-refractivity contribution in [2.45, 2.75) is 25.8 Å². The van der Waals surface area contributed by atoms with Crippen LogP contribution in [0.2, 0.25) is 0 Å². The second-order valence-corrected chi connectivity index (χ2v) is 2.96. The van der Waals surface area contributed by atoms with Crippen molar-refractivity contribution in [3.8, 4) is 0 Å². The Hall–Kier alpha value is -1.36. The summed E-state index contributed by atoms with van der Waals surface area (Å²) >= 11 is 0. The highest BCUT2D eigenvalue weighted by Gasteiger charge is 2.04. The van der Waals surface area contributed by atoms with Gasteiger partial charge in [-0.05, 0) is 19.8 Å². The first-order valence-corrected chi connectivity index (χ1v) is 4.45. The van der Waals surface area contributed by atoms with Crippen LogP contribution in [-0.4, -0.2) is 29.5 Å². The predicted molar refractivity (Wildman–Crippen MR) is 56.1 cm³/mol. The largest absolute Gasteiger partial charge is 0.480 e. The molecule has 0 bridgehead atoms. The van der Waals surface area contributed by atoms with E-state index in [-0.39, 0.29) is 0 Å². The monoisotopic (exact) mass is 199 g/mol. The molecule has 0 spiro atoms. The van der Waals surface area contributed by atoms with Crippen LogP contribution in [0.4, 0.5) is 0 Å². The van der Waals surface area contributed by atoms with Gasteiger partial charge >= 0.3 is 5.97 Å². The summed E-state index contributed by atoms with van der Waals surface area (Å²) < 4.78 is 0. The lowest BCUT2D eigenvalue weighted by molar-refractivity contribution is -0.137. The molecule has 5 N–H and O–H groups in total. The molecule has 1 atom stereocenters. The Bertz CT molecular complexity index is 232. The molecule has 0 rings (SSSR count). The number of carboxylic acids is 1. The van der Waals surface area contributed by atoms with Crippen LogP contribution >= 0.6 is 0 Å². The smallest absolute Gasteiger partial charge is 0.324 e. The van der Waals surface area contributed by atoms with Gasteiger partial charge in [0.05, 0.1) is 5.84 Å². The number of aliphatic carboxylic acids is 1. The Kier molecular flexibility index (Phi) is 6.39. The number of hydrogen-bond acceptors (Lipinski definition) is 3. The van der Waals surface area contributed by atoms with Gasteiger partial charge in [-0.3, -0.25) is 9.79 Å². The van der Waals surface area contributed by atoms with Gasteiger partial charge in [0.15, 0.2) is 0 Å². The maximum atomic E-state index is 10.3. The zero-order valence-corrected chi connectivity index (χ0v) is 8.31. The fourth-order valence-corrected chi connectivity index (χ4v) is 0.790. The van der Waals surface area contributed by atoms with Crippen molar-refractivity contribution in [1.82, 2.24) is 0 Å². The van der Waals surface area contributed by atoms with E-state index in [0.29, 0.717) is 12.4 Å². The number of hydrogen-bond donors (Lipinski definition) is 3. The first-order valence-electron chi connectivity index (χ1n) is 4.45. The molecule has 0 aromatic heterocycles. The van der Waals surface area contributed by atoms with Crippen LogP contribution in [0.25, 0.3) is 0 Å². The van der Waals surface area contributed by atoms with E-state index in [1.807, 2.05) is 0 Å². The molecule has 0 radical (unpaired) electrons. The number of carboxylic acid groups (broad SMARTS) is 1. The van der Waals surface area contributed by atoms with E-state index >= 15 is 0 Å². The minimum atomic E-state index is -1.02. The molecule has 0 aliphatic carbocycles. The van der Waals surface area contributed by atoms with Crippen molar-refractivity contribution >= 4 is 11.8 Å². The Morgan fingerprint density at radius 3 is 2.79 bits per heavy atom. The van der Waals surface area contributed by atoms with Crippen LogP contribution in [0.15, 0.2) is 17.1 Å². The summed E-state index contributed by atoms with van der Waals surface area (Å²) in [4.78, 5) is 14.3. The minimum Gasteiger partial charge on any atom is -0.480 e. The van der Waals surface area contributed by atoms with Crippen molar-refractivity contribution in [3.05, 3.63) is 12.2 Å². The molecule has 0 amide bonds. The molecule has 5 heteroatoms. The summed E-state index contributed by atoms with van der Waals surface area (Å²) in [5.74, 6) is -0.451. The zero-order valence-electron chi connectivity index (χ0n) is 8.31. The SMILES string of the molecule is CC(N)=NCCC/C=C/[C@H](N)C(=O)O. The molecule has 0 aromatic carbocycles. The highest BCUT2D eigenvalue weighted by atomic mass is 16.4. The lowest BCUT2D eigenvalue weighted by atomic mass is 10.2. The van der Waals surface area contributed by atoms with Crippen LogP contribution in [0.5, 0.6) is 0 Å². The molecule has 5 nitrogen and oxygen atoms in total. The van der Waals surface area contributed by atoms with E-state index in [4.69, 9.17) is 16.6 Å². The Morgan fingerprint density at radius 1 is 1.64 bits per heavy atom. The van der Waals surface area contributed by atoms with E-state index in [2.05, 4.69) is 4.99 Å². The van der Waals surface area contributed by atoms with Gasteiger partial charge in [-0.15, -0.1) is 0 Å². The highest BCUT2D eigenvalue weighted by molar-refractivity contribution is 5.77. The third-order valence-electron chi connectivity index (χ3n) is 1.52. The molecule has 0 aliphatic rings. The molecule has 0 heterocycles. The van der Waals surface area contributed by atoms with Gasteiger partial charge in [0.1, 0.15) is 6.04 Å². The first kappa shape index (κ1) is 12.6. The van der Waals surface area contributed by atoms with Gasteiger partial charge in [-0.1, -0.05) is 12.2 Å². The van der Waals surface area contributed by atoms with Crippen molar-refractivity contribution in [3.63, 3.8) is 0 Å². The number of unbranched alkanes of at least 4 members (excludes halogenated alkanes) is 1.